The quantitative estimate of drug-likeness (QED) is 0.730. The molecule has 0 unspecified atom stereocenters. The molecular formula is C18H24N6O2. The van der Waals surface area contributed by atoms with Gasteiger partial charge in [0.15, 0.2) is 5.69 Å². The lowest BCUT2D eigenvalue weighted by Crippen LogP contribution is -2.29. The highest BCUT2D eigenvalue weighted by Crippen LogP contribution is 2.17. The van der Waals surface area contributed by atoms with Gasteiger partial charge in [0.1, 0.15) is 0 Å². The predicted octanol–water partition coefficient (Wildman–Crippen LogP) is 1.59. The summed E-state index contributed by atoms with van der Waals surface area (Å²) in [6, 6.07) is 7.12. The summed E-state index contributed by atoms with van der Waals surface area (Å²) in [6.45, 7) is 4.50. The van der Waals surface area contributed by atoms with E-state index in [4.69, 9.17) is 0 Å². The van der Waals surface area contributed by atoms with Crippen LogP contribution in [0.3, 0.4) is 0 Å². The normalized spacial score (nSPS) is 14.8. The Bertz CT molecular complexity index is 767. The summed E-state index contributed by atoms with van der Waals surface area (Å²) in [5.74, 6) is -0.490. The number of amides is 2. The number of carbonyl (C=O) groups excluding carboxylic acids is 2. The molecule has 0 aliphatic carbocycles. The number of anilines is 1. The van der Waals surface area contributed by atoms with Crippen LogP contribution < -0.4 is 16.0 Å². The van der Waals surface area contributed by atoms with E-state index in [2.05, 4.69) is 26.3 Å². The van der Waals surface area contributed by atoms with Crippen molar-refractivity contribution in [2.24, 2.45) is 0 Å². The lowest BCUT2D eigenvalue weighted by Gasteiger charge is -2.22. The molecule has 0 bridgehead atoms. The van der Waals surface area contributed by atoms with Crippen LogP contribution in [0, 0.1) is 0 Å². The fourth-order valence-electron chi connectivity index (χ4n) is 2.90. The number of aromatic nitrogens is 3. The zero-order chi connectivity index (χ0) is 18.4. The van der Waals surface area contributed by atoms with Crippen LogP contribution in [-0.2, 0) is 0 Å². The number of hydrogen-bond donors (Lipinski definition) is 3. The molecule has 2 aromatic rings. The molecule has 3 rings (SSSR count). The van der Waals surface area contributed by atoms with E-state index in [-0.39, 0.29) is 23.6 Å². The van der Waals surface area contributed by atoms with Gasteiger partial charge in [0.25, 0.3) is 11.8 Å². The molecule has 1 saturated heterocycles. The van der Waals surface area contributed by atoms with Gasteiger partial charge >= 0.3 is 0 Å². The van der Waals surface area contributed by atoms with Gasteiger partial charge < -0.3 is 16.0 Å². The molecular weight excluding hydrogens is 332 g/mol. The molecule has 1 aliphatic heterocycles. The maximum Gasteiger partial charge on any atom is 0.277 e. The van der Waals surface area contributed by atoms with Gasteiger partial charge in [-0.15, -0.1) is 5.10 Å². The van der Waals surface area contributed by atoms with E-state index in [1.807, 2.05) is 6.92 Å². The van der Waals surface area contributed by atoms with Gasteiger partial charge in [-0.05, 0) is 50.6 Å². The van der Waals surface area contributed by atoms with E-state index < -0.39 is 0 Å². The Balaban J connectivity index is 1.64. The van der Waals surface area contributed by atoms with Crippen LogP contribution in [0.2, 0.25) is 0 Å². The van der Waals surface area contributed by atoms with Crippen molar-refractivity contribution < 1.29 is 9.59 Å². The Morgan fingerprint density at radius 2 is 2.08 bits per heavy atom. The molecule has 0 atom stereocenters. The highest BCUT2D eigenvalue weighted by Gasteiger charge is 2.19. The molecule has 1 aromatic carbocycles. The first-order valence-electron chi connectivity index (χ1n) is 8.99. The number of nitrogens with zero attached hydrogens (tertiary/aromatic N) is 3. The molecule has 1 aliphatic rings. The van der Waals surface area contributed by atoms with E-state index >= 15 is 0 Å². The Kier molecular flexibility index (Phi) is 5.96. The van der Waals surface area contributed by atoms with E-state index in [0.29, 0.717) is 17.8 Å². The van der Waals surface area contributed by atoms with Gasteiger partial charge in [-0.1, -0.05) is 18.2 Å². The fourth-order valence-corrected chi connectivity index (χ4v) is 2.90. The standard InChI is InChI=1S/C18H24N6O2/c1-2-8-20-17(25)13-4-3-5-14(11-13)21-18(26)16-12-24(23-22-16)15-6-9-19-10-7-15/h3-5,11-12,15,19H,2,6-10H2,1H3,(H,20,25)(H,21,26). The van der Waals surface area contributed by atoms with Crippen molar-refractivity contribution in [1.82, 2.24) is 25.6 Å². The summed E-state index contributed by atoms with van der Waals surface area (Å²) in [6.07, 6.45) is 4.50. The third kappa shape index (κ3) is 4.45. The molecule has 0 radical (unpaired) electrons. The summed E-state index contributed by atoms with van der Waals surface area (Å²) < 4.78 is 1.77. The van der Waals surface area contributed by atoms with E-state index in [0.717, 1.165) is 32.4 Å². The first kappa shape index (κ1) is 18.1. The van der Waals surface area contributed by atoms with Crippen molar-refractivity contribution in [2.45, 2.75) is 32.2 Å². The Labute approximate surface area is 152 Å². The van der Waals surface area contributed by atoms with Crippen LogP contribution in [0.1, 0.15) is 53.1 Å². The maximum atomic E-state index is 12.4. The molecule has 8 heteroatoms. The minimum Gasteiger partial charge on any atom is -0.352 e. The second kappa shape index (κ2) is 8.57. The van der Waals surface area contributed by atoms with Crippen molar-refractivity contribution >= 4 is 17.5 Å². The van der Waals surface area contributed by atoms with E-state index in [1.54, 1.807) is 35.1 Å². The number of rotatable bonds is 6. The molecule has 8 nitrogen and oxygen atoms in total. The van der Waals surface area contributed by atoms with Crippen molar-refractivity contribution in [1.29, 1.82) is 0 Å². The highest BCUT2D eigenvalue weighted by molar-refractivity contribution is 6.03. The third-order valence-corrected chi connectivity index (χ3v) is 4.34. The lowest BCUT2D eigenvalue weighted by molar-refractivity contribution is 0.0952. The summed E-state index contributed by atoms with van der Waals surface area (Å²) in [5.41, 5.74) is 1.33. The second-order valence-corrected chi connectivity index (χ2v) is 6.36. The van der Waals surface area contributed by atoms with Crippen molar-refractivity contribution in [3.8, 4) is 0 Å². The Morgan fingerprint density at radius 3 is 2.85 bits per heavy atom. The molecule has 138 valence electrons. The number of hydrogen-bond acceptors (Lipinski definition) is 5. The molecule has 3 N–H and O–H groups in total. The number of benzene rings is 1. The first-order valence-corrected chi connectivity index (χ1v) is 8.99. The van der Waals surface area contributed by atoms with Gasteiger partial charge in [-0.2, -0.15) is 0 Å². The summed E-state index contributed by atoms with van der Waals surface area (Å²) in [5, 5.41) is 17.0. The van der Waals surface area contributed by atoms with Crippen LogP contribution in [0.4, 0.5) is 5.69 Å². The van der Waals surface area contributed by atoms with Gasteiger partial charge in [0.2, 0.25) is 0 Å². The zero-order valence-corrected chi connectivity index (χ0v) is 14.9. The topological polar surface area (TPSA) is 101 Å². The molecule has 0 spiro atoms. The monoisotopic (exact) mass is 356 g/mol. The first-order chi connectivity index (χ1) is 12.7. The van der Waals surface area contributed by atoms with Crippen LogP contribution in [-0.4, -0.2) is 46.4 Å². The summed E-state index contributed by atoms with van der Waals surface area (Å²) in [4.78, 5) is 24.5. The molecule has 0 saturated carbocycles. The average Bonchev–Trinajstić information content (AvgIpc) is 3.17. The van der Waals surface area contributed by atoms with Gasteiger partial charge in [-0.3, -0.25) is 9.59 Å². The van der Waals surface area contributed by atoms with Gasteiger partial charge in [0.05, 0.1) is 12.2 Å². The SMILES string of the molecule is CCCNC(=O)c1cccc(NC(=O)c2cn(C3CCNCC3)nn2)c1. The van der Waals surface area contributed by atoms with Crippen LogP contribution in [0.25, 0.3) is 0 Å². The van der Waals surface area contributed by atoms with Crippen molar-refractivity contribution in [2.75, 3.05) is 25.0 Å². The number of nitrogens with one attached hydrogen (secondary N) is 3. The van der Waals surface area contributed by atoms with Crippen LogP contribution >= 0.6 is 0 Å². The number of piperidine rings is 1. The van der Waals surface area contributed by atoms with Gasteiger partial charge in [-0.25, -0.2) is 4.68 Å². The van der Waals surface area contributed by atoms with Crippen molar-refractivity contribution in [3.63, 3.8) is 0 Å². The average molecular weight is 356 g/mol. The largest absolute Gasteiger partial charge is 0.352 e. The summed E-state index contributed by atoms with van der Waals surface area (Å²) in [7, 11) is 0. The molecule has 2 heterocycles. The molecule has 2 amide bonds. The smallest absolute Gasteiger partial charge is 0.277 e. The zero-order valence-electron chi connectivity index (χ0n) is 14.9. The third-order valence-electron chi connectivity index (χ3n) is 4.34. The fraction of sp³-hybridized carbons (Fsp3) is 0.444. The van der Waals surface area contributed by atoms with Crippen LogP contribution in [0.15, 0.2) is 30.5 Å². The molecule has 1 aromatic heterocycles. The Morgan fingerprint density at radius 1 is 1.27 bits per heavy atom. The van der Waals surface area contributed by atoms with E-state index in [1.165, 1.54) is 0 Å². The minimum atomic E-state index is -0.337. The Hall–Kier alpha value is -2.74. The van der Waals surface area contributed by atoms with Gasteiger partial charge in [0, 0.05) is 17.8 Å². The lowest BCUT2D eigenvalue weighted by atomic mass is 10.1. The van der Waals surface area contributed by atoms with Crippen molar-refractivity contribution in [3.05, 3.63) is 41.7 Å². The van der Waals surface area contributed by atoms with Crippen LogP contribution in [0.5, 0.6) is 0 Å². The summed E-state index contributed by atoms with van der Waals surface area (Å²) >= 11 is 0. The predicted molar refractivity (Wildman–Crippen MR) is 98.2 cm³/mol. The molecule has 1 fully saturated rings. The number of carbonyl (C=O) groups is 2. The highest BCUT2D eigenvalue weighted by atomic mass is 16.2. The second-order valence-electron chi connectivity index (χ2n) is 6.36. The maximum absolute atomic E-state index is 12.4. The molecule has 26 heavy (non-hydrogen) atoms. The van der Waals surface area contributed by atoms with E-state index in [9.17, 15) is 9.59 Å². The minimum absolute atomic E-state index is 0.153.